The van der Waals surface area contributed by atoms with E-state index in [4.69, 9.17) is 0 Å². The number of anilines is 2. The maximum atomic E-state index is 12.4. The average molecular weight is 605 g/mol. The van der Waals surface area contributed by atoms with Crippen LogP contribution in [-0.2, 0) is 9.59 Å². The molecular formula is C35H32N4O2S2. The number of aromatic nitrogens is 2. The Bertz CT molecular complexity index is 1740. The first-order chi connectivity index (χ1) is 21.1. The van der Waals surface area contributed by atoms with Crippen molar-refractivity contribution in [3.05, 3.63) is 95.7 Å². The van der Waals surface area contributed by atoms with Crippen molar-refractivity contribution >= 4 is 66.3 Å². The van der Waals surface area contributed by atoms with Crippen LogP contribution in [0.1, 0.15) is 44.9 Å². The van der Waals surface area contributed by atoms with Crippen molar-refractivity contribution in [1.82, 2.24) is 9.97 Å². The van der Waals surface area contributed by atoms with Gasteiger partial charge < -0.3 is 10.6 Å². The highest BCUT2D eigenvalue weighted by Crippen LogP contribution is 2.29. The van der Waals surface area contributed by atoms with Gasteiger partial charge in [0, 0.05) is 34.7 Å². The van der Waals surface area contributed by atoms with Gasteiger partial charge in [-0.05, 0) is 46.5 Å². The number of thiazole rings is 2. The van der Waals surface area contributed by atoms with Gasteiger partial charge in [0.2, 0.25) is 11.8 Å². The number of nitrogens with one attached hydrogen (secondary N) is 2. The predicted molar refractivity (Wildman–Crippen MR) is 180 cm³/mol. The zero-order chi connectivity index (χ0) is 29.4. The molecule has 216 valence electrons. The van der Waals surface area contributed by atoms with Crippen LogP contribution in [0.3, 0.4) is 0 Å². The molecule has 0 spiro atoms. The highest BCUT2D eigenvalue weighted by atomic mass is 32.1. The Labute approximate surface area is 258 Å². The highest BCUT2D eigenvalue weighted by molar-refractivity contribution is 7.14. The van der Waals surface area contributed by atoms with Crippen molar-refractivity contribution in [3.63, 3.8) is 0 Å². The first-order valence-electron chi connectivity index (χ1n) is 14.6. The Morgan fingerprint density at radius 2 is 0.953 bits per heavy atom. The Hall–Kier alpha value is -4.40. The molecule has 0 unspecified atom stereocenters. The van der Waals surface area contributed by atoms with E-state index in [-0.39, 0.29) is 11.8 Å². The minimum Gasteiger partial charge on any atom is -0.302 e. The molecule has 0 saturated carbocycles. The summed E-state index contributed by atoms with van der Waals surface area (Å²) in [7, 11) is 0. The third kappa shape index (κ3) is 7.52. The lowest BCUT2D eigenvalue weighted by Gasteiger charge is -2.04. The number of nitrogens with zero attached hydrogens (tertiary/aromatic N) is 2. The fourth-order valence-electron chi connectivity index (χ4n) is 5.09. The van der Waals surface area contributed by atoms with Crippen LogP contribution < -0.4 is 10.6 Å². The zero-order valence-electron chi connectivity index (χ0n) is 23.7. The molecule has 0 aliphatic rings. The average Bonchev–Trinajstić information content (AvgIpc) is 3.70. The van der Waals surface area contributed by atoms with Crippen LogP contribution in [0.4, 0.5) is 10.3 Å². The number of hydrogen-bond acceptors (Lipinski definition) is 6. The number of amides is 2. The lowest BCUT2D eigenvalue weighted by Crippen LogP contribution is -2.11. The van der Waals surface area contributed by atoms with E-state index in [1.165, 1.54) is 44.2 Å². The Morgan fingerprint density at radius 1 is 0.535 bits per heavy atom. The smallest absolute Gasteiger partial charge is 0.226 e. The molecule has 6 aromatic rings. The van der Waals surface area contributed by atoms with E-state index >= 15 is 0 Å². The number of carbonyl (C=O) groups is 2. The van der Waals surface area contributed by atoms with Gasteiger partial charge in [0.1, 0.15) is 0 Å². The summed E-state index contributed by atoms with van der Waals surface area (Å²) in [5.74, 6) is -0.0180. The SMILES string of the molecule is O=C(CCCCCCCC(=O)Nc1nc(-c2ccc3ccccc3c2)cs1)Nc1nc(-c2ccc3ccccc3c2)cs1. The lowest BCUT2D eigenvalue weighted by molar-refractivity contribution is -0.117. The summed E-state index contributed by atoms with van der Waals surface area (Å²) in [5, 5.41) is 15.8. The minimum absolute atomic E-state index is 0.00899. The summed E-state index contributed by atoms with van der Waals surface area (Å²) < 4.78 is 0. The fourth-order valence-corrected chi connectivity index (χ4v) is 6.56. The maximum Gasteiger partial charge on any atom is 0.226 e. The molecule has 2 N–H and O–H groups in total. The third-order valence-electron chi connectivity index (χ3n) is 7.40. The summed E-state index contributed by atoms with van der Waals surface area (Å²) in [6, 6.07) is 29.1. The Balaban J connectivity index is 0.863. The molecule has 2 heterocycles. The molecule has 0 radical (unpaired) electrons. The first-order valence-corrected chi connectivity index (χ1v) is 16.4. The van der Waals surface area contributed by atoms with E-state index in [9.17, 15) is 9.59 Å². The van der Waals surface area contributed by atoms with E-state index in [2.05, 4.69) is 81.3 Å². The number of fused-ring (bicyclic) bond motifs is 2. The van der Waals surface area contributed by atoms with Gasteiger partial charge in [0.05, 0.1) is 11.4 Å². The van der Waals surface area contributed by atoms with Crippen LogP contribution in [0.5, 0.6) is 0 Å². The molecule has 2 amide bonds. The fraction of sp³-hybridized carbons (Fsp3) is 0.200. The van der Waals surface area contributed by atoms with Gasteiger partial charge in [0.25, 0.3) is 0 Å². The quantitative estimate of drug-likeness (QED) is 0.136. The van der Waals surface area contributed by atoms with Crippen LogP contribution in [-0.4, -0.2) is 21.8 Å². The lowest BCUT2D eigenvalue weighted by atomic mass is 10.1. The third-order valence-corrected chi connectivity index (χ3v) is 8.91. The van der Waals surface area contributed by atoms with Crippen LogP contribution in [0, 0.1) is 0 Å². The second-order valence-corrected chi connectivity index (χ2v) is 12.3. The normalized spacial score (nSPS) is 11.2. The van der Waals surface area contributed by atoms with Crippen LogP contribution in [0.25, 0.3) is 44.1 Å². The summed E-state index contributed by atoms with van der Waals surface area (Å²) in [6.07, 6.45) is 5.47. The van der Waals surface area contributed by atoms with Crippen LogP contribution in [0.15, 0.2) is 95.7 Å². The molecule has 4 aromatic carbocycles. The van der Waals surface area contributed by atoms with E-state index in [0.29, 0.717) is 23.1 Å². The number of rotatable bonds is 12. The van der Waals surface area contributed by atoms with Crippen molar-refractivity contribution in [2.75, 3.05) is 10.6 Å². The topological polar surface area (TPSA) is 84.0 Å². The molecule has 2 aromatic heterocycles. The number of hydrogen-bond donors (Lipinski definition) is 2. The van der Waals surface area contributed by atoms with E-state index in [0.717, 1.165) is 54.6 Å². The number of unbranched alkanes of at least 4 members (excludes halogenated alkanes) is 4. The second kappa shape index (κ2) is 13.7. The van der Waals surface area contributed by atoms with Gasteiger partial charge in [0.15, 0.2) is 10.3 Å². The number of carbonyl (C=O) groups excluding carboxylic acids is 2. The molecule has 8 heteroatoms. The summed E-state index contributed by atoms with van der Waals surface area (Å²) in [4.78, 5) is 34.1. The number of benzene rings is 4. The van der Waals surface area contributed by atoms with E-state index in [1.54, 1.807) is 0 Å². The molecule has 43 heavy (non-hydrogen) atoms. The van der Waals surface area contributed by atoms with Crippen molar-refractivity contribution < 1.29 is 9.59 Å². The molecule has 6 nitrogen and oxygen atoms in total. The summed E-state index contributed by atoms with van der Waals surface area (Å²) in [5.41, 5.74) is 3.83. The van der Waals surface area contributed by atoms with Gasteiger partial charge >= 0.3 is 0 Å². The van der Waals surface area contributed by atoms with Gasteiger partial charge in [-0.2, -0.15) is 0 Å². The molecule has 0 fully saturated rings. The standard InChI is InChI=1S/C35H32N4O2S2/c40-32(38-34-36-30(22-42-34)28-18-16-24-10-6-8-12-26(24)20-28)14-4-2-1-3-5-15-33(41)39-35-37-31(23-43-35)29-19-17-25-11-7-9-13-27(25)21-29/h6-13,16-23H,1-5,14-15H2,(H,36,38,40)(H,37,39,41). The zero-order valence-corrected chi connectivity index (χ0v) is 25.3. The first kappa shape index (κ1) is 28.7. The molecule has 0 atom stereocenters. The molecule has 0 aliphatic heterocycles. The molecule has 0 aliphatic carbocycles. The highest BCUT2D eigenvalue weighted by Gasteiger charge is 2.10. The van der Waals surface area contributed by atoms with E-state index in [1.807, 2.05) is 35.0 Å². The largest absolute Gasteiger partial charge is 0.302 e. The van der Waals surface area contributed by atoms with Crippen LogP contribution >= 0.6 is 22.7 Å². The van der Waals surface area contributed by atoms with Crippen LogP contribution in [0.2, 0.25) is 0 Å². The Kier molecular flexibility index (Phi) is 9.16. The summed E-state index contributed by atoms with van der Waals surface area (Å²) in [6.45, 7) is 0. The molecule has 0 bridgehead atoms. The van der Waals surface area contributed by atoms with Crippen molar-refractivity contribution in [2.24, 2.45) is 0 Å². The van der Waals surface area contributed by atoms with Gasteiger partial charge in [-0.15, -0.1) is 22.7 Å². The van der Waals surface area contributed by atoms with Gasteiger partial charge in [-0.1, -0.05) is 92.1 Å². The summed E-state index contributed by atoms with van der Waals surface area (Å²) >= 11 is 2.89. The molecular weight excluding hydrogens is 573 g/mol. The van der Waals surface area contributed by atoms with Crippen molar-refractivity contribution in [3.8, 4) is 22.5 Å². The monoisotopic (exact) mass is 604 g/mol. The van der Waals surface area contributed by atoms with Crippen molar-refractivity contribution in [2.45, 2.75) is 44.9 Å². The molecule has 0 saturated heterocycles. The van der Waals surface area contributed by atoms with Gasteiger partial charge in [-0.3, -0.25) is 9.59 Å². The maximum absolute atomic E-state index is 12.4. The molecule has 6 rings (SSSR count). The van der Waals surface area contributed by atoms with Crippen molar-refractivity contribution in [1.29, 1.82) is 0 Å². The minimum atomic E-state index is -0.00899. The second-order valence-electron chi connectivity index (χ2n) is 10.6. The van der Waals surface area contributed by atoms with E-state index < -0.39 is 0 Å². The predicted octanol–water partition coefficient (Wildman–Crippen LogP) is 9.55. The Morgan fingerprint density at radius 3 is 1.42 bits per heavy atom. The van der Waals surface area contributed by atoms with Gasteiger partial charge in [-0.25, -0.2) is 9.97 Å².